The number of para-hydroxylation sites is 1. The molecule has 146 valence electrons. The van der Waals surface area contributed by atoms with Crippen molar-refractivity contribution in [3.8, 4) is 11.4 Å². The molecule has 0 spiro atoms. The largest absolute Gasteiger partial charge is 0.497 e. The van der Waals surface area contributed by atoms with Crippen molar-refractivity contribution in [3.05, 3.63) is 92.7 Å². The quantitative estimate of drug-likeness (QED) is 0.281. The fourth-order valence-electron chi connectivity index (χ4n) is 2.98. The van der Waals surface area contributed by atoms with Crippen molar-refractivity contribution in [2.75, 3.05) is 7.11 Å². The third-order valence-electron chi connectivity index (χ3n) is 4.48. The predicted molar refractivity (Wildman–Crippen MR) is 120 cm³/mol. The average Bonchev–Trinajstić information content (AvgIpc) is 2.74. The van der Waals surface area contributed by atoms with Crippen molar-refractivity contribution in [2.24, 2.45) is 0 Å². The molecule has 1 heterocycles. The molecule has 7 heteroatoms. The van der Waals surface area contributed by atoms with Gasteiger partial charge in [-0.3, -0.25) is 9.36 Å². The first-order valence-electron chi connectivity index (χ1n) is 8.80. The van der Waals surface area contributed by atoms with E-state index in [1.807, 2.05) is 42.5 Å². The Morgan fingerprint density at radius 1 is 0.966 bits per heavy atom. The van der Waals surface area contributed by atoms with E-state index in [4.69, 9.17) is 32.9 Å². The van der Waals surface area contributed by atoms with Gasteiger partial charge in [0.05, 0.1) is 23.7 Å². The molecule has 4 nitrogen and oxygen atoms in total. The minimum absolute atomic E-state index is 0.131. The molecule has 0 atom stereocenters. The molecule has 0 radical (unpaired) electrons. The second-order valence-electron chi connectivity index (χ2n) is 6.24. The van der Waals surface area contributed by atoms with Crippen LogP contribution >= 0.6 is 35.0 Å². The molecule has 0 aliphatic heterocycles. The maximum absolute atomic E-state index is 13.3. The molecule has 4 rings (SSSR count). The Bertz CT molecular complexity index is 1220. The van der Waals surface area contributed by atoms with Crippen LogP contribution in [0.2, 0.25) is 10.0 Å². The molecule has 0 N–H and O–H groups in total. The zero-order chi connectivity index (χ0) is 20.4. The highest BCUT2D eigenvalue weighted by Gasteiger charge is 2.15. The summed E-state index contributed by atoms with van der Waals surface area (Å²) < 4.78 is 6.84. The second kappa shape index (κ2) is 8.49. The van der Waals surface area contributed by atoms with Crippen LogP contribution in [0, 0.1) is 0 Å². The van der Waals surface area contributed by atoms with E-state index in [0.717, 1.165) is 5.56 Å². The van der Waals surface area contributed by atoms with E-state index in [-0.39, 0.29) is 5.56 Å². The van der Waals surface area contributed by atoms with Crippen LogP contribution in [0.15, 0.2) is 76.7 Å². The third kappa shape index (κ3) is 3.99. The molecule has 0 unspecified atom stereocenters. The highest BCUT2D eigenvalue weighted by molar-refractivity contribution is 7.98. The number of benzene rings is 3. The summed E-state index contributed by atoms with van der Waals surface area (Å²) in [5.74, 6) is 1.20. The van der Waals surface area contributed by atoms with Crippen LogP contribution in [0.25, 0.3) is 16.6 Å². The van der Waals surface area contributed by atoms with Crippen LogP contribution in [0.3, 0.4) is 0 Å². The van der Waals surface area contributed by atoms with Crippen molar-refractivity contribution in [3.63, 3.8) is 0 Å². The Morgan fingerprint density at radius 3 is 2.34 bits per heavy atom. The van der Waals surface area contributed by atoms with Crippen molar-refractivity contribution in [1.29, 1.82) is 0 Å². The van der Waals surface area contributed by atoms with Gasteiger partial charge in [0.15, 0.2) is 5.16 Å². The van der Waals surface area contributed by atoms with Crippen LogP contribution in [-0.2, 0) is 5.75 Å². The van der Waals surface area contributed by atoms with E-state index in [1.165, 1.54) is 11.8 Å². The van der Waals surface area contributed by atoms with Gasteiger partial charge in [0.25, 0.3) is 5.56 Å². The number of methoxy groups -OCH3 is 1. The lowest BCUT2D eigenvalue weighted by Crippen LogP contribution is -2.21. The van der Waals surface area contributed by atoms with Gasteiger partial charge in [-0.1, -0.05) is 53.2 Å². The van der Waals surface area contributed by atoms with Crippen molar-refractivity contribution < 1.29 is 4.74 Å². The molecule has 0 bridgehead atoms. The lowest BCUT2D eigenvalue weighted by Gasteiger charge is -2.14. The van der Waals surface area contributed by atoms with E-state index < -0.39 is 0 Å². The lowest BCUT2D eigenvalue weighted by atomic mass is 10.2. The average molecular weight is 443 g/mol. The normalized spacial score (nSPS) is 11.0. The summed E-state index contributed by atoms with van der Waals surface area (Å²) >= 11 is 14.0. The zero-order valence-corrected chi connectivity index (χ0v) is 17.8. The Morgan fingerprint density at radius 2 is 1.66 bits per heavy atom. The Kier molecular flexibility index (Phi) is 5.81. The molecule has 0 saturated heterocycles. The van der Waals surface area contributed by atoms with Crippen molar-refractivity contribution >= 4 is 45.9 Å². The third-order valence-corrected chi connectivity index (χ3v) is 6.16. The number of rotatable bonds is 5. The van der Waals surface area contributed by atoms with Gasteiger partial charge in [-0.05, 0) is 54.1 Å². The van der Waals surface area contributed by atoms with E-state index in [2.05, 4.69) is 0 Å². The summed E-state index contributed by atoms with van der Waals surface area (Å²) in [5.41, 5.74) is 2.04. The summed E-state index contributed by atoms with van der Waals surface area (Å²) in [4.78, 5) is 18.0. The molecular weight excluding hydrogens is 427 g/mol. The number of hydrogen-bond acceptors (Lipinski definition) is 4. The summed E-state index contributed by atoms with van der Waals surface area (Å²) in [5, 5.41) is 2.30. The number of nitrogens with zero attached hydrogens (tertiary/aromatic N) is 2. The molecule has 29 heavy (non-hydrogen) atoms. The number of ether oxygens (including phenoxy) is 1. The van der Waals surface area contributed by atoms with Crippen molar-refractivity contribution in [2.45, 2.75) is 10.9 Å². The fourth-order valence-corrected chi connectivity index (χ4v) is 4.73. The highest BCUT2D eigenvalue weighted by atomic mass is 35.5. The predicted octanol–water partition coefficient (Wildman–Crippen LogP) is 5.99. The van der Waals surface area contributed by atoms with Crippen molar-refractivity contribution in [1.82, 2.24) is 9.55 Å². The second-order valence-corrected chi connectivity index (χ2v) is 8.00. The Labute approximate surface area is 182 Å². The van der Waals surface area contributed by atoms with Gasteiger partial charge in [0.1, 0.15) is 5.75 Å². The van der Waals surface area contributed by atoms with E-state index in [1.54, 1.807) is 35.9 Å². The van der Waals surface area contributed by atoms with Crippen LogP contribution in [0.4, 0.5) is 0 Å². The lowest BCUT2D eigenvalue weighted by molar-refractivity contribution is 0.414. The minimum atomic E-state index is -0.131. The van der Waals surface area contributed by atoms with E-state index in [9.17, 15) is 4.79 Å². The minimum Gasteiger partial charge on any atom is -0.497 e. The Balaban J connectivity index is 1.84. The SMILES string of the molecule is COc1ccc(-n2c(SCc3c(Cl)cccc3Cl)nc3ccccc3c2=O)cc1. The molecule has 0 amide bonds. The number of thioether (sulfide) groups is 1. The fraction of sp³-hybridized carbons (Fsp3) is 0.0909. The number of aromatic nitrogens is 2. The molecule has 4 aromatic rings. The summed E-state index contributed by atoms with van der Waals surface area (Å²) in [6, 6.07) is 20.0. The first kappa shape index (κ1) is 19.8. The van der Waals surface area contributed by atoms with Crippen LogP contribution in [0.5, 0.6) is 5.75 Å². The van der Waals surface area contributed by atoms with Gasteiger partial charge < -0.3 is 4.74 Å². The topological polar surface area (TPSA) is 44.1 Å². The number of hydrogen-bond donors (Lipinski definition) is 0. The molecule has 3 aromatic carbocycles. The Hall–Kier alpha value is -2.47. The maximum atomic E-state index is 13.3. The molecular formula is C22H16Cl2N2O2S. The highest BCUT2D eigenvalue weighted by Crippen LogP contribution is 2.32. The first-order chi connectivity index (χ1) is 14.1. The van der Waals surface area contributed by atoms with Crippen LogP contribution in [-0.4, -0.2) is 16.7 Å². The monoisotopic (exact) mass is 442 g/mol. The van der Waals surface area contributed by atoms with Crippen LogP contribution in [0.1, 0.15) is 5.56 Å². The molecule has 0 aliphatic rings. The molecule has 1 aromatic heterocycles. The van der Waals surface area contributed by atoms with Gasteiger partial charge in [0.2, 0.25) is 0 Å². The standard InChI is InChI=1S/C22H16Cl2N2O2S/c1-28-15-11-9-14(10-12-15)26-21(27)16-5-2-3-8-20(16)25-22(26)29-13-17-18(23)6-4-7-19(17)24/h2-12H,13H2,1H3. The van der Waals surface area contributed by atoms with E-state index in [0.29, 0.717) is 43.3 Å². The number of halogens is 2. The number of fused-ring (bicyclic) bond motifs is 1. The van der Waals surface area contributed by atoms with Gasteiger partial charge in [-0.25, -0.2) is 4.98 Å². The zero-order valence-electron chi connectivity index (χ0n) is 15.4. The first-order valence-corrected chi connectivity index (χ1v) is 10.5. The summed E-state index contributed by atoms with van der Waals surface area (Å²) in [6.07, 6.45) is 0. The van der Waals surface area contributed by atoms with E-state index >= 15 is 0 Å². The van der Waals surface area contributed by atoms with Gasteiger partial charge >= 0.3 is 0 Å². The molecule has 0 aliphatic carbocycles. The van der Waals surface area contributed by atoms with Gasteiger partial charge in [0, 0.05) is 15.8 Å². The summed E-state index contributed by atoms with van der Waals surface area (Å²) in [7, 11) is 1.60. The molecule has 0 saturated carbocycles. The summed E-state index contributed by atoms with van der Waals surface area (Å²) in [6.45, 7) is 0. The van der Waals surface area contributed by atoms with Gasteiger partial charge in [-0.15, -0.1) is 0 Å². The smallest absolute Gasteiger partial charge is 0.266 e. The molecule has 0 fully saturated rings. The van der Waals surface area contributed by atoms with Gasteiger partial charge in [-0.2, -0.15) is 0 Å². The maximum Gasteiger partial charge on any atom is 0.266 e. The van der Waals surface area contributed by atoms with Crippen LogP contribution < -0.4 is 10.3 Å².